The smallest absolute Gasteiger partial charge is 0.261 e. The van der Waals surface area contributed by atoms with Gasteiger partial charge in [0.25, 0.3) is 11.8 Å². The number of carbonyl (C=O) groups is 2. The van der Waals surface area contributed by atoms with E-state index in [1.54, 1.807) is 28.8 Å². The first-order chi connectivity index (χ1) is 13.7. The van der Waals surface area contributed by atoms with Gasteiger partial charge in [-0.05, 0) is 38.1 Å². The highest BCUT2D eigenvalue weighted by Gasteiger charge is 2.34. The molecule has 3 aromatic rings. The number of likely N-dealkylation sites (tertiary alicyclic amines) is 1. The van der Waals surface area contributed by atoms with Gasteiger partial charge in [-0.2, -0.15) is 9.61 Å². The van der Waals surface area contributed by atoms with Crippen LogP contribution in [0.4, 0.5) is 0 Å². The Labute approximate surface area is 165 Å². The molecule has 0 bridgehead atoms. The summed E-state index contributed by atoms with van der Waals surface area (Å²) in [6.45, 7) is 3.25. The quantitative estimate of drug-likeness (QED) is 0.614. The van der Waals surface area contributed by atoms with Gasteiger partial charge in [0.15, 0.2) is 5.82 Å². The van der Waals surface area contributed by atoms with Gasteiger partial charge >= 0.3 is 0 Å². The number of piperidine rings is 1. The summed E-state index contributed by atoms with van der Waals surface area (Å²) >= 11 is 1.46. The lowest BCUT2D eigenvalue weighted by molar-refractivity contribution is 0.0656. The molecular weight excluding hydrogens is 376 g/mol. The highest BCUT2D eigenvalue weighted by atomic mass is 32.1. The van der Waals surface area contributed by atoms with Crippen LogP contribution in [0.1, 0.15) is 50.8 Å². The van der Waals surface area contributed by atoms with Crippen molar-refractivity contribution < 1.29 is 9.59 Å². The van der Waals surface area contributed by atoms with Gasteiger partial charge in [0.2, 0.25) is 4.96 Å². The third kappa shape index (κ3) is 3.00. The highest BCUT2D eigenvalue weighted by molar-refractivity contribution is 7.16. The van der Waals surface area contributed by atoms with Gasteiger partial charge in [-0.25, -0.2) is 0 Å². The van der Waals surface area contributed by atoms with Gasteiger partial charge in [0.1, 0.15) is 5.01 Å². The molecule has 0 radical (unpaired) electrons. The van der Waals surface area contributed by atoms with Crippen molar-refractivity contribution in [2.24, 2.45) is 0 Å². The predicted octanol–water partition coefficient (Wildman–Crippen LogP) is 2.01. The molecule has 0 unspecified atom stereocenters. The van der Waals surface area contributed by atoms with Crippen molar-refractivity contribution >= 4 is 28.1 Å². The molecule has 1 aromatic carbocycles. The Morgan fingerprint density at radius 2 is 1.68 bits per heavy atom. The summed E-state index contributed by atoms with van der Waals surface area (Å²) < 4.78 is 1.80. The molecule has 5 rings (SSSR count). The number of benzene rings is 1. The fourth-order valence-electron chi connectivity index (χ4n) is 3.86. The predicted molar refractivity (Wildman–Crippen MR) is 103 cm³/mol. The Kier molecular flexibility index (Phi) is 4.40. The number of fused-ring (bicyclic) bond motifs is 2. The first-order valence-electron chi connectivity index (χ1n) is 9.58. The zero-order valence-electron chi connectivity index (χ0n) is 15.4. The lowest BCUT2D eigenvalue weighted by Gasteiger charge is -2.25. The molecule has 1 fully saturated rings. The number of amides is 2. The summed E-state index contributed by atoms with van der Waals surface area (Å²) in [5.41, 5.74) is 0.962. The van der Waals surface area contributed by atoms with Crippen LogP contribution >= 0.6 is 11.3 Å². The molecule has 0 N–H and O–H groups in total. The van der Waals surface area contributed by atoms with E-state index in [0.717, 1.165) is 35.4 Å². The van der Waals surface area contributed by atoms with Crippen molar-refractivity contribution in [3.8, 4) is 0 Å². The SMILES string of the molecule is O=C1c2ccccc2C(=O)N1CCc1nn2c(CN3CCCCC3)nnc2s1. The van der Waals surface area contributed by atoms with Crippen LogP contribution in [0.2, 0.25) is 0 Å². The molecule has 9 heteroatoms. The van der Waals surface area contributed by atoms with Crippen LogP contribution in [0, 0.1) is 0 Å². The second-order valence-electron chi connectivity index (χ2n) is 7.20. The maximum Gasteiger partial charge on any atom is 0.261 e. The first-order valence-corrected chi connectivity index (χ1v) is 10.4. The Balaban J connectivity index is 1.29. The summed E-state index contributed by atoms with van der Waals surface area (Å²) in [7, 11) is 0. The van der Waals surface area contributed by atoms with E-state index in [0.29, 0.717) is 24.1 Å². The fourth-order valence-corrected chi connectivity index (χ4v) is 4.70. The largest absolute Gasteiger partial charge is 0.296 e. The van der Waals surface area contributed by atoms with E-state index < -0.39 is 0 Å². The topological polar surface area (TPSA) is 83.7 Å². The normalized spacial score (nSPS) is 17.6. The maximum absolute atomic E-state index is 12.5. The molecule has 2 aliphatic rings. The Bertz CT molecular complexity index is 1020. The molecule has 2 amide bonds. The van der Waals surface area contributed by atoms with Gasteiger partial charge in [-0.3, -0.25) is 19.4 Å². The zero-order chi connectivity index (χ0) is 19.1. The monoisotopic (exact) mass is 396 g/mol. The van der Waals surface area contributed by atoms with Gasteiger partial charge < -0.3 is 0 Å². The number of rotatable bonds is 5. The van der Waals surface area contributed by atoms with Crippen molar-refractivity contribution in [1.82, 2.24) is 29.6 Å². The van der Waals surface area contributed by atoms with E-state index in [1.807, 2.05) is 0 Å². The summed E-state index contributed by atoms with van der Waals surface area (Å²) in [6.07, 6.45) is 4.27. The molecule has 8 nitrogen and oxygen atoms in total. The summed E-state index contributed by atoms with van der Waals surface area (Å²) in [4.78, 5) is 29.4. The van der Waals surface area contributed by atoms with Gasteiger partial charge in [-0.1, -0.05) is 29.9 Å². The summed E-state index contributed by atoms with van der Waals surface area (Å²) in [5, 5.41) is 14.0. The van der Waals surface area contributed by atoms with Crippen LogP contribution < -0.4 is 0 Å². The van der Waals surface area contributed by atoms with Crippen LogP contribution in [0.3, 0.4) is 0 Å². The average molecular weight is 396 g/mol. The van der Waals surface area contributed by atoms with Crippen LogP contribution in [0.5, 0.6) is 0 Å². The third-order valence-corrected chi connectivity index (χ3v) is 6.30. The van der Waals surface area contributed by atoms with Crippen LogP contribution in [-0.2, 0) is 13.0 Å². The minimum absolute atomic E-state index is 0.227. The average Bonchev–Trinajstić information content (AvgIpc) is 3.36. The van der Waals surface area contributed by atoms with E-state index in [4.69, 9.17) is 0 Å². The second-order valence-corrected chi connectivity index (χ2v) is 8.24. The number of carbonyl (C=O) groups excluding carboxylic acids is 2. The Morgan fingerprint density at radius 3 is 2.39 bits per heavy atom. The van der Waals surface area contributed by atoms with Crippen LogP contribution in [0.25, 0.3) is 4.96 Å². The molecule has 0 atom stereocenters. The molecule has 2 aromatic heterocycles. The number of nitrogens with zero attached hydrogens (tertiary/aromatic N) is 6. The zero-order valence-corrected chi connectivity index (χ0v) is 16.2. The maximum atomic E-state index is 12.5. The molecule has 1 saturated heterocycles. The molecule has 4 heterocycles. The Morgan fingerprint density at radius 1 is 0.964 bits per heavy atom. The molecule has 0 saturated carbocycles. The highest BCUT2D eigenvalue weighted by Crippen LogP contribution is 2.23. The van der Waals surface area contributed by atoms with E-state index in [-0.39, 0.29) is 11.8 Å². The van der Waals surface area contributed by atoms with E-state index in [1.165, 1.54) is 35.5 Å². The van der Waals surface area contributed by atoms with Crippen molar-refractivity contribution in [1.29, 1.82) is 0 Å². The molecule has 144 valence electrons. The van der Waals surface area contributed by atoms with Gasteiger partial charge in [0.05, 0.1) is 17.7 Å². The van der Waals surface area contributed by atoms with Gasteiger partial charge in [0, 0.05) is 13.0 Å². The van der Waals surface area contributed by atoms with E-state index in [2.05, 4.69) is 20.2 Å². The minimum Gasteiger partial charge on any atom is -0.296 e. The number of hydrogen-bond acceptors (Lipinski definition) is 7. The standard InChI is InChI=1S/C19H20N6O2S/c26-17-13-6-2-3-7-14(13)18(27)24(17)11-8-16-22-25-15(20-21-19(25)28-16)12-23-9-4-1-5-10-23/h2-3,6-7H,1,4-5,8-12H2. The number of hydrogen-bond donors (Lipinski definition) is 0. The number of aromatic nitrogens is 4. The molecule has 28 heavy (non-hydrogen) atoms. The number of imide groups is 1. The van der Waals surface area contributed by atoms with Crippen molar-refractivity contribution in [3.63, 3.8) is 0 Å². The molecule has 2 aliphatic heterocycles. The summed E-state index contributed by atoms with van der Waals surface area (Å²) in [6, 6.07) is 6.96. The lowest BCUT2D eigenvalue weighted by Crippen LogP contribution is -2.31. The lowest BCUT2D eigenvalue weighted by atomic mass is 10.1. The van der Waals surface area contributed by atoms with Crippen LogP contribution in [0.15, 0.2) is 24.3 Å². The van der Waals surface area contributed by atoms with E-state index >= 15 is 0 Å². The van der Waals surface area contributed by atoms with Gasteiger partial charge in [-0.15, -0.1) is 10.2 Å². The van der Waals surface area contributed by atoms with Crippen molar-refractivity contribution in [2.45, 2.75) is 32.2 Å². The molecule has 0 aliphatic carbocycles. The van der Waals surface area contributed by atoms with E-state index in [9.17, 15) is 9.59 Å². The first kappa shape index (κ1) is 17.4. The second kappa shape index (κ2) is 7.06. The Hall–Kier alpha value is -2.65. The van der Waals surface area contributed by atoms with Crippen molar-refractivity contribution in [3.05, 3.63) is 46.2 Å². The third-order valence-electron chi connectivity index (χ3n) is 5.34. The fraction of sp³-hybridized carbons (Fsp3) is 0.421. The molecule has 0 spiro atoms. The molecular formula is C19H20N6O2S. The van der Waals surface area contributed by atoms with Crippen molar-refractivity contribution in [2.75, 3.05) is 19.6 Å². The minimum atomic E-state index is -0.227. The van der Waals surface area contributed by atoms with Crippen LogP contribution in [-0.4, -0.2) is 61.1 Å². The summed E-state index contributed by atoms with van der Waals surface area (Å²) in [5.74, 6) is 0.393.